The highest BCUT2D eigenvalue weighted by molar-refractivity contribution is 6.00. The zero-order chi connectivity index (χ0) is 11.2. The Morgan fingerprint density at radius 3 is 2.67 bits per heavy atom. The number of nitrogens with zero attached hydrogens (tertiary/aromatic N) is 1. The molecular formula is C11H11F2NO. The number of halogens is 2. The molecule has 0 atom stereocenters. The largest absolute Gasteiger partial charge is 0.315 e. The van der Waals surface area contributed by atoms with Gasteiger partial charge in [-0.1, -0.05) is 6.07 Å². The molecule has 0 saturated carbocycles. The first kappa shape index (κ1) is 10.1. The van der Waals surface area contributed by atoms with Gasteiger partial charge in [0.25, 0.3) is 5.92 Å². The normalized spacial score (nSPS) is 15.7. The molecule has 1 heterocycles. The minimum atomic E-state index is -2.85. The zero-order valence-corrected chi connectivity index (χ0v) is 8.55. The Hall–Kier alpha value is -1.45. The molecule has 0 aliphatic carbocycles. The van der Waals surface area contributed by atoms with Crippen LogP contribution in [0.15, 0.2) is 18.2 Å². The molecule has 4 heteroatoms. The summed E-state index contributed by atoms with van der Waals surface area (Å²) in [5.74, 6) is -2.90. The fraction of sp³-hybridized carbons (Fsp3) is 0.364. The summed E-state index contributed by atoms with van der Waals surface area (Å²) < 4.78 is 26.0. The summed E-state index contributed by atoms with van der Waals surface area (Å²) in [5.41, 5.74) is 1.37. The Labute approximate surface area is 86.5 Å². The van der Waals surface area contributed by atoms with E-state index in [1.54, 1.807) is 13.1 Å². The van der Waals surface area contributed by atoms with Crippen molar-refractivity contribution in [3.05, 3.63) is 29.3 Å². The number of alkyl halides is 2. The average molecular weight is 211 g/mol. The van der Waals surface area contributed by atoms with E-state index in [0.717, 1.165) is 12.6 Å². The van der Waals surface area contributed by atoms with Gasteiger partial charge >= 0.3 is 0 Å². The number of benzene rings is 1. The van der Waals surface area contributed by atoms with Gasteiger partial charge in [-0.3, -0.25) is 4.79 Å². The van der Waals surface area contributed by atoms with Crippen molar-refractivity contribution in [2.45, 2.75) is 19.3 Å². The van der Waals surface area contributed by atoms with Crippen LogP contribution in [0.25, 0.3) is 0 Å². The second kappa shape index (κ2) is 3.02. The Morgan fingerprint density at radius 1 is 1.40 bits per heavy atom. The van der Waals surface area contributed by atoms with Crippen molar-refractivity contribution in [1.29, 1.82) is 0 Å². The molecule has 0 radical (unpaired) electrons. The molecule has 2 rings (SSSR count). The Kier molecular flexibility index (Phi) is 2.03. The molecule has 1 aromatic rings. The molecule has 0 N–H and O–H groups in total. The monoisotopic (exact) mass is 211 g/mol. The quantitative estimate of drug-likeness (QED) is 0.698. The molecule has 0 fully saturated rings. The highest BCUT2D eigenvalue weighted by Crippen LogP contribution is 2.34. The van der Waals surface area contributed by atoms with E-state index in [4.69, 9.17) is 0 Å². The number of hydrogen-bond donors (Lipinski definition) is 0. The maximum absolute atomic E-state index is 13.0. The summed E-state index contributed by atoms with van der Waals surface area (Å²) in [6.45, 7) is 0.856. The van der Waals surface area contributed by atoms with E-state index in [-0.39, 0.29) is 17.9 Å². The molecule has 2 nitrogen and oxygen atoms in total. The second-order valence-corrected chi connectivity index (χ2v) is 3.86. The fourth-order valence-electron chi connectivity index (χ4n) is 1.74. The molecule has 1 amide bonds. The van der Waals surface area contributed by atoms with E-state index in [1.807, 2.05) is 0 Å². The van der Waals surface area contributed by atoms with Gasteiger partial charge in [0.15, 0.2) is 0 Å². The molecule has 80 valence electrons. The Balaban J connectivity index is 2.47. The predicted octanol–water partition coefficient (Wildman–Crippen LogP) is 2.32. The number of likely N-dealkylation sites (N-methyl/N-ethyl adjacent to an activating group) is 1. The van der Waals surface area contributed by atoms with E-state index in [0.29, 0.717) is 5.56 Å². The van der Waals surface area contributed by atoms with E-state index in [9.17, 15) is 13.6 Å². The number of amides is 1. The second-order valence-electron chi connectivity index (χ2n) is 3.86. The molecule has 1 aromatic carbocycles. The highest BCUT2D eigenvalue weighted by Gasteiger charge is 2.29. The topological polar surface area (TPSA) is 20.3 Å². The van der Waals surface area contributed by atoms with Crippen LogP contribution in [0.4, 0.5) is 14.5 Å². The van der Waals surface area contributed by atoms with Crippen molar-refractivity contribution < 1.29 is 13.6 Å². The van der Waals surface area contributed by atoms with Gasteiger partial charge in [-0.2, -0.15) is 0 Å². The number of carbonyl (C=O) groups is 1. The van der Waals surface area contributed by atoms with Crippen LogP contribution in [-0.2, 0) is 17.1 Å². The number of rotatable bonds is 1. The summed E-state index contributed by atoms with van der Waals surface area (Å²) >= 11 is 0. The average Bonchev–Trinajstić information content (AvgIpc) is 2.41. The third-order valence-corrected chi connectivity index (χ3v) is 2.66. The maximum atomic E-state index is 13.0. The van der Waals surface area contributed by atoms with Gasteiger partial charge in [0.05, 0.1) is 6.42 Å². The summed E-state index contributed by atoms with van der Waals surface area (Å²) in [6, 6.07) is 4.36. The van der Waals surface area contributed by atoms with Crippen LogP contribution in [0.5, 0.6) is 0 Å². The van der Waals surface area contributed by atoms with Crippen molar-refractivity contribution in [3.8, 4) is 0 Å². The van der Waals surface area contributed by atoms with Gasteiger partial charge in [0.1, 0.15) is 0 Å². The summed E-state index contributed by atoms with van der Waals surface area (Å²) in [4.78, 5) is 12.8. The van der Waals surface area contributed by atoms with E-state index in [2.05, 4.69) is 0 Å². The van der Waals surface area contributed by atoms with Crippen molar-refractivity contribution in [3.63, 3.8) is 0 Å². The Bertz CT molecular complexity index is 423. The molecular weight excluding hydrogens is 200 g/mol. The number of carbonyl (C=O) groups excluding carboxylic acids is 1. The lowest BCUT2D eigenvalue weighted by Gasteiger charge is -2.13. The minimum Gasteiger partial charge on any atom is -0.315 e. The number of fused-ring (bicyclic) bond motifs is 1. The predicted molar refractivity (Wildman–Crippen MR) is 53.1 cm³/mol. The number of hydrogen-bond acceptors (Lipinski definition) is 1. The van der Waals surface area contributed by atoms with Crippen molar-refractivity contribution in [2.24, 2.45) is 0 Å². The van der Waals surface area contributed by atoms with Crippen LogP contribution in [0, 0.1) is 0 Å². The van der Waals surface area contributed by atoms with Gasteiger partial charge < -0.3 is 4.90 Å². The first-order valence-electron chi connectivity index (χ1n) is 4.67. The van der Waals surface area contributed by atoms with Crippen molar-refractivity contribution in [2.75, 3.05) is 11.9 Å². The lowest BCUT2D eigenvalue weighted by atomic mass is 10.0. The molecule has 0 aromatic heterocycles. The minimum absolute atomic E-state index is 0.0376. The molecule has 1 aliphatic heterocycles. The fourth-order valence-corrected chi connectivity index (χ4v) is 1.74. The lowest BCUT2D eigenvalue weighted by Crippen LogP contribution is -2.20. The molecule has 0 unspecified atom stereocenters. The maximum Gasteiger partial charge on any atom is 0.270 e. The van der Waals surface area contributed by atoms with Crippen LogP contribution in [0.2, 0.25) is 0 Å². The summed E-state index contributed by atoms with van der Waals surface area (Å²) in [5, 5.41) is 0. The molecule has 0 bridgehead atoms. The van der Waals surface area contributed by atoms with Crippen LogP contribution < -0.4 is 4.90 Å². The van der Waals surface area contributed by atoms with Gasteiger partial charge in [-0.05, 0) is 17.7 Å². The standard InChI is InChI=1S/C11H11F2NO/c1-11(12,13)8-3-4-9-7(5-8)6-10(15)14(9)2/h3-5H,6H2,1-2H3. The van der Waals surface area contributed by atoms with Gasteiger partial charge in [-0.15, -0.1) is 0 Å². The van der Waals surface area contributed by atoms with Crippen molar-refractivity contribution in [1.82, 2.24) is 0 Å². The lowest BCUT2D eigenvalue weighted by molar-refractivity contribution is -0.117. The van der Waals surface area contributed by atoms with Gasteiger partial charge in [0, 0.05) is 25.2 Å². The third-order valence-electron chi connectivity index (χ3n) is 2.66. The SMILES string of the molecule is CN1C(=O)Cc2cc(C(C)(F)F)ccc21. The molecule has 15 heavy (non-hydrogen) atoms. The smallest absolute Gasteiger partial charge is 0.270 e. The number of anilines is 1. The Morgan fingerprint density at radius 2 is 2.07 bits per heavy atom. The van der Waals surface area contributed by atoms with Crippen LogP contribution in [0.1, 0.15) is 18.1 Å². The van der Waals surface area contributed by atoms with E-state index < -0.39 is 5.92 Å². The first-order valence-corrected chi connectivity index (χ1v) is 4.67. The van der Waals surface area contributed by atoms with Crippen LogP contribution in [0.3, 0.4) is 0 Å². The van der Waals surface area contributed by atoms with Crippen LogP contribution in [-0.4, -0.2) is 13.0 Å². The van der Waals surface area contributed by atoms with E-state index >= 15 is 0 Å². The van der Waals surface area contributed by atoms with Gasteiger partial charge in [0.2, 0.25) is 5.91 Å². The molecule has 0 saturated heterocycles. The van der Waals surface area contributed by atoms with Gasteiger partial charge in [-0.25, -0.2) is 8.78 Å². The zero-order valence-electron chi connectivity index (χ0n) is 8.55. The van der Waals surface area contributed by atoms with E-state index in [1.165, 1.54) is 17.0 Å². The molecule has 1 aliphatic rings. The third kappa shape index (κ3) is 1.60. The summed E-state index contributed by atoms with van der Waals surface area (Å²) in [7, 11) is 1.65. The van der Waals surface area contributed by atoms with Crippen molar-refractivity contribution >= 4 is 11.6 Å². The summed E-state index contributed by atoms with van der Waals surface area (Å²) in [6.07, 6.45) is 0.218. The highest BCUT2D eigenvalue weighted by atomic mass is 19.3. The van der Waals surface area contributed by atoms with Crippen LogP contribution >= 0.6 is 0 Å². The first-order chi connectivity index (χ1) is 6.89. The molecule has 0 spiro atoms.